The lowest BCUT2D eigenvalue weighted by Gasteiger charge is -2.27. The Hall–Kier alpha value is -0.940. The van der Waals surface area contributed by atoms with Crippen LogP contribution in [0.5, 0.6) is 0 Å². The first kappa shape index (κ1) is 10.6. The summed E-state index contributed by atoms with van der Waals surface area (Å²) in [6.45, 7) is 4.53. The summed E-state index contributed by atoms with van der Waals surface area (Å²) in [4.78, 5) is 6.50. The fraction of sp³-hybridized carbons (Fsp3) is 0.800. The number of aliphatic hydroxyl groups is 1. The third-order valence-corrected chi connectivity index (χ3v) is 2.74. The van der Waals surface area contributed by atoms with Crippen LogP contribution in [-0.2, 0) is 13.0 Å². The Morgan fingerprint density at radius 2 is 2.20 bits per heavy atom. The zero-order chi connectivity index (χ0) is 10.7. The van der Waals surface area contributed by atoms with E-state index >= 15 is 0 Å². The number of hydrogen-bond donors (Lipinski definition) is 1. The third-order valence-electron chi connectivity index (χ3n) is 2.74. The Bertz CT molecular complexity index is 305. The molecule has 0 amide bonds. The molecule has 5 heteroatoms. The molecule has 0 saturated carbocycles. The molecule has 84 valence electrons. The van der Waals surface area contributed by atoms with E-state index in [2.05, 4.69) is 15.0 Å². The molecule has 2 rings (SSSR count). The molecule has 0 spiro atoms. The van der Waals surface area contributed by atoms with Crippen LogP contribution in [0.15, 0.2) is 4.52 Å². The van der Waals surface area contributed by atoms with Crippen molar-refractivity contribution in [3.8, 4) is 0 Å². The van der Waals surface area contributed by atoms with Crippen molar-refractivity contribution >= 4 is 0 Å². The van der Waals surface area contributed by atoms with Crippen LogP contribution < -0.4 is 0 Å². The van der Waals surface area contributed by atoms with Gasteiger partial charge in [0.05, 0.1) is 12.6 Å². The third kappa shape index (κ3) is 2.76. The fourth-order valence-electron chi connectivity index (χ4n) is 1.77. The van der Waals surface area contributed by atoms with E-state index < -0.39 is 0 Å². The molecule has 1 saturated heterocycles. The number of likely N-dealkylation sites (tertiary alicyclic amines) is 1. The number of aliphatic hydroxyl groups excluding tert-OH is 1. The standard InChI is InChI=1S/C10H17N3O2/c1-2-9-11-10(15-12-9)7-13-5-3-8(14)4-6-13/h8,14H,2-7H2,1H3. The molecule has 0 unspecified atom stereocenters. The van der Waals surface area contributed by atoms with Crippen molar-refractivity contribution in [2.45, 2.75) is 38.8 Å². The van der Waals surface area contributed by atoms with Gasteiger partial charge in [0.15, 0.2) is 5.82 Å². The van der Waals surface area contributed by atoms with Crippen molar-refractivity contribution in [1.29, 1.82) is 0 Å². The average Bonchev–Trinajstić information content (AvgIpc) is 2.69. The SMILES string of the molecule is CCc1noc(CN2CCC(O)CC2)n1. The normalized spacial score (nSPS) is 19.6. The van der Waals surface area contributed by atoms with Gasteiger partial charge in [0.1, 0.15) is 0 Å². The number of aromatic nitrogens is 2. The van der Waals surface area contributed by atoms with Gasteiger partial charge in [-0.3, -0.25) is 4.90 Å². The van der Waals surface area contributed by atoms with Crippen LogP contribution in [-0.4, -0.2) is 39.3 Å². The smallest absolute Gasteiger partial charge is 0.240 e. The topological polar surface area (TPSA) is 62.4 Å². The van der Waals surface area contributed by atoms with Gasteiger partial charge < -0.3 is 9.63 Å². The minimum absolute atomic E-state index is 0.130. The summed E-state index contributed by atoms with van der Waals surface area (Å²) in [5.74, 6) is 1.45. The van der Waals surface area contributed by atoms with Crippen molar-refractivity contribution in [3.63, 3.8) is 0 Å². The van der Waals surface area contributed by atoms with Crippen LogP contribution >= 0.6 is 0 Å². The summed E-state index contributed by atoms with van der Waals surface area (Å²) < 4.78 is 5.12. The maximum absolute atomic E-state index is 9.36. The second kappa shape index (κ2) is 4.72. The summed E-state index contributed by atoms with van der Waals surface area (Å²) in [5.41, 5.74) is 0. The van der Waals surface area contributed by atoms with E-state index in [0.717, 1.165) is 38.2 Å². The van der Waals surface area contributed by atoms with Gasteiger partial charge in [-0.15, -0.1) is 0 Å². The molecule has 0 bridgehead atoms. The Morgan fingerprint density at radius 3 is 2.80 bits per heavy atom. The number of rotatable bonds is 3. The van der Waals surface area contributed by atoms with Crippen molar-refractivity contribution in [3.05, 3.63) is 11.7 Å². The number of hydrogen-bond acceptors (Lipinski definition) is 5. The lowest BCUT2D eigenvalue weighted by Crippen LogP contribution is -2.35. The zero-order valence-corrected chi connectivity index (χ0v) is 9.02. The highest BCUT2D eigenvalue weighted by Gasteiger charge is 2.18. The van der Waals surface area contributed by atoms with Gasteiger partial charge in [-0.25, -0.2) is 0 Å². The number of nitrogens with zero attached hydrogens (tertiary/aromatic N) is 3. The van der Waals surface area contributed by atoms with Gasteiger partial charge in [0, 0.05) is 19.5 Å². The van der Waals surface area contributed by atoms with Crippen LogP contribution in [0.4, 0.5) is 0 Å². The summed E-state index contributed by atoms with van der Waals surface area (Å²) >= 11 is 0. The molecule has 15 heavy (non-hydrogen) atoms. The molecule has 1 fully saturated rings. The first-order valence-electron chi connectivity index (χ1n) is 5.50. The highest BCUT2D eigenvalue weighted by molar-refractivity contribution is 4.86. The van der Waals surface area contributed by atoms with Crippen LogP contribution in [0.2, 0.25) is 0 Å². The first-order chi connectivity index (χ1) is 7.28. The van der Waals surface area contributed by atoms with Crippen LogP contribution in [0.25, 0.3) is 0 Å². The van der Waals surface area contributed by atoms with E-state index in [1.165, 1.54) is 0 Å². The predicted molar refractivity (Wildman–Crippen MR) is 54.2 cm³/mol. The minimum atomic E-state index is -0.130. The van der Waals surface area contributed by atoms with E-state index in [4.69, 9.17) is 4.52 Å². The molecular formula is C10H17N3O2. The van der Waals surface area contributed by atoms with Crippen molar-refractivity contribution in [2.24, 2.45) is 0 Å². The maximum Gasteiger partial charge on any atom is 0.240 e. The van der Waals surface area contributed by atoms with E-state index in [0.29, 0.717) is 12.4 Å². The summed E-state index contributed by atoms with van der Waals surface area (Å²) in [6.07, 6.45) is 2.36. The van der Waals surface area contributed by atoms with E-state index in [9.17, 15) is 5.11 Å². The molecule has 1 aromatic heterocycles. The second-order valence-corrected chi connectivity index (χ2v) is 3.97. The fourth-order valence-corrected chi connectivity index (χ4v) is 1.77. The van der Waals surface area contributed by atoms with Gasteiger partial charge in [-0.05, 0) is 12.8 Å². The maximum atomic E-state index is 9.36. The molecular weight excluding hydrogens is 194 g/mol. The lowest BCUT2D eigenvalue weighted by molar-refractivity contribution is 0.0740. The number of piperidine rings is 1. The van der Waals surface area contributed by atoms with E-state index in [-0.39, 0.29) is 6.10 Å². The van der Waals surface area contributed by atoms with Gasteiger partial charge >= 0.3 is 0 Å². The Labute approximate surface area is 89.1 Å². The summed E-state index contributed by atoms with van der Waals surface area (Å²) in [6, 6.07) is 0. The molecule has 1 aliphatic rings. The van der Waals surface area contributed by atoms with Gasteiger partial charge in [-0.2, -0.15) is 4.98 Å². The Balaban J connectivity index is 1.86. The predicted octanol–water partition coefficient (Wildman–Crippen LogP) is 0.589. The monoisotopic (exact) mass is 211 g/mol. The van der Waals surface area contributed by atoms with Crippen molar-refractivity contribution in [1.82, 2.24) is 15.0 Å². The summed E-state index contributed by atoms with van der Waals surface area (Å²) in [7, 11) is 0. The Kier molecular flexibility index (Phi) is 3.33. The number of aryl methyl sites for hydroxylation is 1. The quantitative estimate of drug-likeness (QED) is 0.792. The molecule has 0 radical (unpaired) electrons. The molecule has 2 heterocycles. The zero-order valence-electron chi connectivity index (χ0n) is 9.02. The molecule has 1 N–H and O–H groups in total. The molecule has 1 aliphatic heterocycles. The van der Waals surface area contributed by atoms with Crippen molar-refractivity contribution < 1.29 is 9.63 Å². The van der Waals surface area contributed by atoms with Crippen LogP contribution in [0.1, 0.15) is 31.5 Å². The van der Waals surface area contributed by atoms with Gasteiger partial charge in [0.2, 0.25) is 5.89 Å². The Morgan fingerprint density at radius 1 is 1.47 bits per heavy atom. The van der Waals surface area contributed by atoms with Crippen LogP contribution in [0, 0.1) is 0 Å². The molecule has 1 aromatic rings. The lowest BCUT2D eigenvalue weighted by atomic mass is 10.1. The first-order valence-corrected chi connectivity index (χ1v) is 5.50. The highest BCUT2D eigenvalue weighted by Crippen LogP contribution is 2.12. The van der Waals surface area contributed by atoms with Gasteiger partial charge in [0.25, 0.3) is 0 Å². The van der Waals surface area contributed by atoms with Gasteiger partial charge in [-0.1, -0.05) is 12.1 Å². The summed E-state index contributed by atoms with van der Waals surface area (Å²) in [5, 5.41) is 13.2. The molecule has 0 aliphatic carbocycles. The highest BCUT2D eigenvalue weighted by atomic mass is 16.5. The minimum Gasteiger partial charge on any atom is -0.393 e. The van der Waals surface area contributed by atoms with Crippen molar-refractivity contribution in [2.75, 3.05) is 13.1 Å². The average molecular weight is 211 g/mol. The molecule has 0 aromatic carbocycles. The largest absolute Gasteiger partial charge is 0.393 e. The second-order valence-electron chi connectivity index (χ2n) is 3.97. The van der Waals surface area contributed by atoms with Crippen LogP contribution in [0.3, 0.4) is 0 Å². The van der Waals surface area contributed by atoms with E-state index in [1.807, 2.05) is 6.92 Å². The van der Waals surface area contributed by atoms with E-state index in [1.54, 1.807) is 0 Å². The molecule has 5 nitrogen and oxygen atoms in total. The molecule has 0 atom stereocenters.